The van der Waals surface area contributed by atoms with E-state index in [1.807, 2.05) is 0 Å². The van der Waals surface area contributed by atoms with Gasteiger partial charge in [-0.15, -0.1) is 0 Å². The quantitative estimate of drug-likeness (QED) is 0.848. The van der Waals surface area contributed by atoms with Gasteiger partial charge in [-0.3, -0.25) is 4.79 Å². The molecule has 0 spiro atoms. The summed E-state index contributed by atoms with van der Waals surface area (Å²) < 4.78 is 13.9. The molecule has 1 aliphatic heterocycles. The molecule has 2 aromatic rings. The van der Waals surface area contributed by atoms with Crippen LogP contribution in [0.3, 0.4) is 0 Å². The number of aliphatic hydroxyl groups is 1. The number of carbonyl (C=O) groups excluding carboxylic acids is 1. The van der Waals surface area contributed by atoms with Crippen LogP contribution in [-0.4, -0.2) is 33.5 Å². The molecule has 22 heavy (non-hydrogen) atoms. The first-order chi connectivity index (χ1) is 10.6. The monoisotopic (exact) mass is 364 g/mol. The fourth-order valence-corrected chi connectivity index (χ4v) is 3.03. The molecule has 6 heteroatoms. The predicted octanol–water partition coefficient (Wildman–Crippen LogP) is 2.54. The smallest absolute Gasteiger partial charge is 0.256 e. The molecule has 4 nitrogen and oxygen atoms in total. The lowest BCUT2D eigenvalue weighted by Gasteiger charge is -2.26. The highest BCUT2D eigenvalue weighted by atomic mass is 79.9. The van der Waals surface area contributed by atoms with Gasteiger partial charge in [0.25, 0.3) is 5.91 Å². The topological polar surface area (TPSA) is 53.4 Å². The molecule has 3 rings (SSSR count). The Morgan fingerprint density at radius 2 is 2.18 bits per heavy atom. The summed E-state index contributed by atoms with van der Waals surface area (Å²) in [7, 11) is 0. The van der Waals surface area contributed by atoms with E-state index in [-0.39, 0.29) is 18.3 Å². The number of amides is 1. The van der Waals surface area contributed by atoms with Crippen molar-refractivity contribution in [2.75, 3.05) is 6.61 Å². The zero-order valence-corrected chi connectivity index (χ0v) is 13.3. The van der Waals surface area contributed by atoms with Gasteiger partial charge in [0.15, 0.2) is 0 Å². The van der Waals surface area contributed by atoms with Gasteiger partial charge in [0, 0.05) is 0 Å². The maximum absolute atomic E-state index is 13.3. The molecule has 1 aromatic carbocycles. The van der Waals surface area contributed by atoms with E-state index in [1.54, 1.807) is 29.2 Å². The van der Waals surface area contributed by atoms with E-state index < -0.39 is 6.04 Å². The van der Waals surface area contributed by atoms with Gasteiger partial charge in [-0.2, -0.15) is 0 Å². The summed E-state index contributed by atoms with van der Waals surface area (Å²) in [6.45, 7) is 0.172. The van der Waals surface area contributed by atoms with Gasteiger partial charge in [-0.05, 0) is 52.2 Å². The maximum atomic E-state index is 13.3. The van der Waals surface area contributed by atoms with E-state index in [0.717, 1.165) is 5.56 Å². The molecule has 1 amide bonds. The summed E-state index contributed by atoms with van der Waals surface area (Å²) in [6.07, 6.45) is 0.398. The SMILES string of the molecule is O=C1c2ccc(Br)nc2CN1[C@H](CO)Cc1cccc(F)c1. The molecule has 0 saturated heterocycles. The lowest BCUT2D eigenvalue weighted by atomic mass is 10.1. The number of hydrogen-bond donors (Lipinski definition) is 1. The zero-order chi connectivity index (χ0) is 15.7. The highest BCUT2D eigenvalue weighted by molar-refractivity contribution is 9.10. The summed E-state index contributed by atoms with van der Waals surface area (Å²) >= 11 is 3.29. The van der Waals surface area contributed by atoms with Crippen LogP contribution in [0, 0.1) is 5.82 Å². The van der Waals surface area contributed by atoms with E-state index in [4.69, 9.17) is 0 Å². The largest absolute Gasteiger partial charge is 0.394 e. The van der Waals surface area contributed by atoms with Gasteiger partial charge in [0.2, 0.25) is 0 Å². The number of fused-ring (bicyclic) bond motifs is 1. The van der Waals surface area contributed by atoms with Crippen LogP contribution in [-0.2, 0) is 13.0 Å². The van der Waals surface area contributed by atoms with Crippen molar-refractivity contribution in [2.45, 2.75) is 19.0 Å². The molecule has 2 heterocycles. The third-order valence-electron chi connectivity index (χ3n) is 3.76. The van der Waals surface area contributed by atoms with Crippen molar-refractivity contribution in [1.29, 1.82) is 0 Å². The van der Waals surface area contributed by atoms with Gasteiger partial charge in [-0.1, -0.05) is 12.1 Å². The number of rotatable bonds is 4. The molecule has 0 aliphatic carbocycles. The molecule has 0 radical (unpaired) electrons. The second kappa shape index (κ2) is 6.14. The summed E-state index contributed by atoms with van der Waals surface area (Å²) in [4.78, 5) is 18.3. The van der Waals surface area contributed by atoms with Crippen molar-refractivity contribution in [3.63, 3.8) is 0 Å². The molecule has 1 N–H and O–H groups in total. The predicted molar refractivity (Wildman–Crippen MR) is 82.8 cm³/mol. The zero-order valence-electron chi connectivity index (χ0n) is 11.7. The Morgan fingerprint density at radius 1 is 1.36 bits per heavy atom. The van der Waals surface area contributed by atoms with E-state index >= 15 is 0 Å². The summed E-state index contributed by atoms with van der Waals surface area (Å²) in [5, 5.41) is 9.65. The van der Waals surface area contributed by atoms with Crippen LogP contribution in [0.15, 0.2) is 41.0 Å². The number of pyridine rings is 1. The van der Waals surface area contributed by atoms with E-state index in [2.05, 4.69) is 20.9 Å². The van der Waals surface area contributed by atoms with Crippen molar-refractivity contribution >= 4 is 21.8 Å². The standard InChI is InChI=1S/C16H14BrFN2O2/c17-15-5-4-13-14(19-15)8-20(16(13)22)12(9-21)7-10-2-1-3-11(18)6-10/h1-6,12,21H,7-9H2/t12-/m0/s1. The van der Waals surface area contributed by atoms with Gasteiger partial charge in [0.1, 0.15) is 10.4 Å². The highest BCUT2D eigenvalue weighted by Crippen LogP contribution is 2.26. The second-order valence-electron chi connectivity index (χ2n) is 5.23. The van der Waals surface area contributed by atoms with E-state index in [9.17, 15) is 14.3 Å². The lowest BCUT2D eigenvalue weighted by molar-refractivity contribution is 0.0616. The van der Waals surface area contributed by atoms with Crippen molar-refractivity contribution in [3.05, 3.63) is 63.6 Å². The number of aliphatic hydroxyl groups excluding tert-OH is 1. The lowest BCUT2D eigenvalue weighted by Crippen LogP contribution is -2.39. The number of benzene rings is 1. The normalized spacial score (nSPS) is 15.0. The minimum atomic E-state index is -0.401. The van der Waals surface area contributed by atoms with E-state index in [1.165, 1.54) is 12.1 Å². The van der Waals surface area contributed by atoms with Crippen molar-refractivity contribution < 1.29 is 14.3 Å². The first kappa shape index (κ1) is 15.1. The van der Waals surface area contributed by atoms with Gasteiger partial charge in [-0.25, -0.2) is 9.37 Å². The van der Waals surface area contributed by atoms with Crippen LogP contribution in [0.1, 0.15) is 21.6 Å². The Hall–Kier alpha value is -1.79. The van der Waals surface area contributed by atoms with Crippen molar-refractivity contribution in [3.8, 4) is 0 Å². The first-order valence-corrected chi connectivity index (χ1v) is 7.69. The van der Waals surface area contributed by atoms with Gasteiger partial charge < -0.3 is 10.0 Å². The Kier molecular flexibility index (Phi) is 4.22. The molecule has 0 saturated carbocycles. The third-order valence-corrected chi connectivity index (χ3v) is 4.21. The van der Waals surface area contributed by atoms with E-state index in [0.29, 0.717) is 28.8 Å². The van der Waals surface area contributed by atoms with Crippen molar-refractivity contribution in [2.24, 2.45) is 0 Å². The molecule has 114 valence electrons. The number of hydrogen-bond acceptors (Lipinski definition) is 3. The Balaban J connectivity index is 1.82. The summed E-state index contributed by atoms with van der Waals surface area (Å²) in [5.41, 5.74) is 2.00. The second-order valence-corrected chi connectivity index (χ2v) is 6.04. The summed E-state index contributed by atoms with van der Waals surface area (Å²) in [6, 6.07) is 9.25. The average Bonchev–Trinajstić information content (AvgIpc) is 2.81. The Morgan fingerprint density at radius 3 is 2.91 bits per heavy atom. The molecular formula is C16H14BrFN2O2. The number of halogens is 2. The first-order valence-electron chi connectivity index (χ1n) is 6.90. The summed E-state index contributed by atoms with van der Waals surface area (Å²) in [5.74, 6) is -0.471. The van der Waals surface area contributed by atoms with Crippen LogP contribution in [0.2, 0.25) is 0 Å². The minimum absolute atomic E-state index is 0.148. The maximum Gasteiger partial charge on any atom is 0.256 e. The number of aromatic nitrogens is 1. The van der Waals surface area contributed by atoms with Crippen LogP contribution < -0.4 is 0 Å². The van der Waals surface area contributed by atoms with Gasteiger partial charge >= 0.3 is 0 Å². The van der Waals surface area contributed by atoms with Crippen LogP contribution >= 0.6 is 15.9 Å². The Labute approximate surface area is 135 Å². The molecule has 1 aliphatic rings. The average molecular weight is 365 g/mol. The highest BCUT2D eigenvalue weighted by Gasteiger charge is 2.33. The number of carbonyl (C=O) groups is 1. The molecule has 0 fully saturated rings. The van der Waals surface area contributed by atoms with Crippen LogP contribution in [0.5, 0.6) is 0 Å². The number of nitrogens with zero attached hydrogens (tertiary/aromatic N) is 2. The molecule has 1 aromatic heterocycles. The fourth-order valence-electron chi connectivity index (χ4n) is 2.68. The third kappa shape index (κ3) is 2.89. The molecule has 1 atom stereocenters. The Bertz CT molecular complexity index is 723. The van der Waals surface area contributed by atoms with Crippen LogP contribution in [0.4, 0.5) is 4.39 Å². The molecule has 0 unspecified atom stereocenters. The fraction of sp³-hybridized carbons (Fsp3) is 0.250. The van der Waals surface area contributed by atoms with Crippen molar-refractivity contribution in [1.82, 2.24) is 9.88 Å². The molecular weight excluding hydrogens is 351 g/mol. The molecule has 0 bridgehead atoms. The minimum Gasteiger partial charge on any atom is -0.394 e. The van der Waals surface area contributed by atoms with Crippen LogP contribution in [0.25, 0.3) is 0 Å². The van der Waals surface area contributed by atoms with Gasteiger partial charge in [0.05, 0.1) is 30.5 Å².